The molecule has 1 saturated heterocycles. The van der Waals surface area contributed by atoms with Gasteiger partial charge in [0.1, 0.15) is 5.60 Å². The first kappa shape index (κ1) is 18.7. The fourth-order valence-corrected chi connectivity index (χ4v) is 2.94. The molecule has 5 nitrogen and oxygen atoms in total. The van der Waals surface area contributed by atoms with Crippen LogP contribution in [0.4, 0.5) is 4.79 Å². The Morgan fingerprint density at radius 3 is 2.96 bits per heavy atom. The van der Waals surface area contributed by atoms with E-state index in [0.29, 0.717) is 12.5 Å². The van der Waals surface area contributed by atoms with Crippen molar-refractivity contribution in [2.75, 3.05) is 19.7 Å². The van der Waals surface area contributed by atoms with E-state index in [1.807, 2.05) is 44.0 Å². The molecule has 0 spiro atoms. The highest BCUT2D eigenvalue weighted by Gasteiger charge is 2.27. The molecule has 1 atom stereocenters. The van der Waals surface area contributed by atoms with Crippen LogP contribution in [-0.4, -0.2) is 41.3 Å². The molecule has 1 amide bonds. The van der Waals surface area contributed by atoms with Gasteiger partial charge < -0.3 is 14.4 Å². The average Bonchev–Trinajstić information content (AvgIpc) is 2.54. The molecule has 134 valence electrons. The molecule has 1 aromatic rings. The van der Waals surface area contributed by atoms with Crippen LogP contribution in [0.2, 0.25) is 0 Å². The molecule has 0 saturated carbocycles. The van der Waals surface area contributed by atoms with E-state index in [-0.39, 0.29) is 6.09 Å². The zero-order chi connectivity index (χ0) is 17.4. The van der Waals surface area contributed by atoms with Gasteiger partial charge in [0.15, 0.2) is 0 Å². The van der Waals surface area contributed by atoms with Gasteiger partial charge in [-0.25, -0.2) is 4.79 Å². The summed E-state index contributed by atoms with van der Waals surface area (Å²) in [5.74, 6) is 0.549. The van der Waals surface area contributed by atoms with Crippen molar-refractivity contribution < 1.29 is 14.3 Å². The third-order valence-corrected chi connectivity index (χ3v) is 4.06. The van der Waals surface area contributed by atoms with E-state index < -0.39 is 5.60 Å². The van der Waals surface area contributed by atoms with Crippen molar-refractivity contribution in [3.63, 3.8) is 0 Å². The van der Waals surface area contributed by atoms with E-state index in [2.05, 4.69) is 4.98 Å². The summed E-state index contributed by atoms with van der Waals surface area (Å²) in [6, 6.07) is 3.94. The molecule has 2 heterocycles. The van der Waals surface area contributed by atoms with Gasteiger partial charge in [0.05, 0.1) is 6.61 Å². The Hall–Kier alpha value is -1.62. The molecule has 0 aliphatic carbocycles. The van der Waals surface area contributed by atoms with Crippen LogP contribution in [0.3, 0.4) is 0 Å². The van der Waals surface area contributed by atoms with Gasteiger partial charge in [0.25, 0.3) is 0 Å². The molecule has 1 fully saturated rings. The van der Waals surface area contributed by atoms with Crippen LogP contribution in [0, 0.1) is 5.92 Å². The van der Waals surface area contributed by atoms with Gasteiger partial charge in [-0.3, -0.25) is 4.98 Å². The number of ether oxygens (including phenoxy) is 2. The fourth-order valence-electron chi connectivity index (χ4n) is 2.94. The maximum atomic E-state index is 12.2. The lowest BCUT2D eigenvalue weighted by atomic mass is 9.94. The van der Waals surface area contributed by atoms with E-state index in [0.717, 1.165) is 44.5 Å². The first-order chi connectivity index (χ1) is 11.4. The molecule has 2 rings (SSSR count). The van der Waals surface area contributed by atoms with Gasteiger partial charge in [0.2, 0.25) is 0 Å². The summed E-state index contributed by atoms with van der Waals surface area (Å²) in [5.41, 5.74) is 0.677. The number of hydrogen-bond donors (Lipinski definition) is 0. The van der Waals surface area contributed by atoms with Crippen molar-refractivity contribution >= 4 is 6.09 Å². The maximum Gasteiger partial charge on any atom is 0.410 e. The highest BCUT2D eigenvalue weighted by atomic mass is 16.6. The topological polar surface area (TPSA) is 51.7 Å². The quantitative estimate of drug-likeness (QED) is 0.737. The number of amides is 1. The molecular weight excluding hydrogens is 304 g/mol. The largest absolute Gasteiger partial charge is 0.444 e. The lowest BCUT2D eigenvalue weighted by molar-refractivity contribution is 0.0155. The van der Waals surface area contributed by atoms with E-state index in [4.69, 9.17) is 9.47 Å². The Morgan fingerprint density at radius 2 is 2.25 bits per heavy atom. The number of aromatic nitrogens is 1. The number of likely N-dealkylation sites (tertiary alicyclic amines) is 1. The molecule has 1 aliphatic heterocycles. The van der Waals surface area contributed by atoms with Crippen molar-refractivity contribution in [1.29, 1.82) is 0 Å². The molecule has 5 heteroatoms. The summed E-state index contributed by atoms with van der Waals surface area (Å²) >= 11 is 0. The number of carbonyl (C=O) groups excluding carboxylic acids is 1. The summed E-state index contributed by atoms with van der Waals surface area (Å²) in [4.78, 5) is 18.1. The minimum atomic E-state index is -0.426. The van der Waals surface area contributed by atoms with E-state index in [1.54, 1.807) is 6.20 Å². The van der Waals surface area contributed by atoms with Crippen LogP contribution in [0.5, 0.6) is 0 Å². The number of piperidine rings is 1. The number of pyridine rings is 1. The van der Waals surface area contributed by atoms with Crippen molar-refractivity contribution in [1.82, 2.24) is 9.88 Å². The van der Waals surface area contributed by atoms with Gasteiger partial charge in [-0.15, -0.1) is 0 Å². The third-order valence-electron chi connectivity index (χ3n) is 4.06. The lowest BCUT2D eigenvalue weighted by Crippen LogP contribution is -2.42. The van der Waals surface area contributed by atoms with Crippen LogP contribution in [-0.2, 0) is 16.1 Å². The lowest BCUT2D eigenvalue weighted by Gasteiger charge is -2.34. The van der Waals surface area contributed by atoms with Crippen molar-refractivity contribution in [2.24, 2.45) is 5.92 Å². The highest BCUT2D eigenvalue weighted by molar-refractivity contribution is 5.68. The van der Waals surface area contributed by atoms with Crippen LogP contribution < -0.4 is 0 Å². The number of carbonyl (C=O) groups is 1. The predicted octanol–water partition coefficient (Wildman–Crippen LogP) is 4.03. The average molecular weight is 334 g/mol. The molecule has 0 bridgehead atoms. The molecular formula is C19H30N2O3. The first-order valence-electron chi connectivity index (χ1n) is 8.88. The fraction of sp³-hybridized carbons (Fsp3) is 0.684. The Labute approximate surface area is 145 Å². The molecule has 0 unspecified atom stereocenters. The van der Waals surface area contributed by atoms with Crippen LogP contribution >= 0.6 is 0 Å². The normalized spacial score (nSPS) is 18.5. The van der Waals surface area contributed by atoms with Gasteiger partial charge in [-0.05, 0) is 64.0 Å². The smallest absolute Gasteiger partial charge is 0.410 e. The van der Waals surface area contributed by atoms with Crippen molar-refractivity contribution in [3.8, 4) is 0 Å². The zero-order valence-corrected chi connectivity index (χ0v) is 15.2. The molecule has 0 aromatic carbocycles. The molecule has 0 radical (unpaired) electrons. The molecule has 1 aromatic heterocycles. The minimum Gasteiger partial charge on any atom is -0.444 e. The van der Waals surface area contributed by atoms with Crippen molar-refractivity contribution in [3.05, 3.63) is 30.1 Å². The zero-order valence-electron chi connectivity index (χ0n) is 15.2. The maximum absolute atomic E-state index is 12.2. The predicted molar refractivity (Wildman–Crippen MR) is 93.7 cm³/mol. The second-order valence-electron chi connectivity index (χ2n) is 7.49. The second kappa shape index (κ2) is 9.02. The minimum absolute atomic E-state index is 0.181. The Kier molecular flexibility index (Phi) is 7.03. The van der Waals surface area contributed by atoms with Gasteiger partial charge in [-0.1, -0.05) is 6.07 Å². The highest BCUT2D eigenvalue weighted by Crippen LogP contribution is 2.22. The third kappa shape index (κ3) is 6.87. The Bertz CT molecular complexity index is 499. The van der Waals surface area contributed by atoms with E-state index in [1.165, 1.54) is 6.42 Å². The van der Waals surface area contributed by atoms with Crippen LogP contribution in [0.25, 0.3) is 0 Å². The van der Waals surface area contributed by atoms with E-state index >= 15 is 0 Å². The Morgan fingerprint density at radius 1 is 1.42 bits per heavy atom. The first-order valence-corrected chi connectivity index (χ1v) is 8.88. The van der Waals surface area contributed by atoms with Crippen LogP contribution in [0.1, 0.15) is 52.0 Å². The summed E-state index contributed by atoms with van der Waals surface area (Å²) in [6.45, 7) is 8.70. The van der Waals surface area contributed by atoms with Gasteiger partial charge in [0, 0.05) is 32.1 Å². The van der Waals surface area contributed by atoms with Gasteiger partial charge in [-0.2, -0.15) is 0 Å². The molecule has 0 N–H and O–H groups in total. The Balaban J connectivity index is 1.63. The van der Waals surface area contributed by atoms with E-state index in [9.17, 15) is 4.79 Å². The van der Waals surface area contributed by atoms with Crippen LogP contribution in [0.15, 0.2) is 24.5 Å². The second-order valence-corrected chi connectivity index (χ2v) is 7.49. The monoisotopic (exact) mass is 334 g/mol. The standard InChI is InChI=1S/C19H30N2O3/c1-19(2,3)24-18(22)21-11-5-8-16(14-21)9-6-12-23-15-17-7-4-10-20-13-17/h4,7,10,13,16H,5-6,8-9,11-12,14-15H2,1-3H3/t16-/m0/s1. The molecule has 24 heavy (non-hydrogen) atoms. The summed E-state index contributed by atoms with van der Waals surface area (Å²) in [7, 11) is 0. The number of nitrogens with zero attached hydrogens (tertiary/aromatic N) is 2. The SMILES string of the molecule is CC(C)(C)OC(=O)N1CCC[C@@H](CCCOCc2cccnc2)C1. The number of hydrogen-bond acceptors (Lipinski definition) is 4. The van der Waals surface area contributed by atoms with Crippen molar-refractivity contribution in [2.45, 2.75) is 58.7 Å². The summed E-state index contributed by atoms with van der Waals surface area (Å²) in [6.07, 6.45) is 7.77. The summed E-state index contributed by atoms with van der Waals surface area (Å²) in [5, 5.41) is 0. The van der Waals surface area contributed by atoms with Gasteiger partial charge >= 0.3 is 6.09 Å². The summed E-state index contributed by atoms with van der Waals surface area (Å²) < 4.78 is 11.2. The number of rotatable bonds is 6. The molecule has 1 aliphatic rings.